The van der Waals surface area contributed by atoms with Crippen LogP contribution >= 0.6 is 0 Å². The lowest BCUT2D eigenvalue weighted by Gasteiger charge is -2.37. The molecule has 0 saturated carbocycles. The van der Waals surface area contributed by atoms with E-state index in [1.807, 2.05) is 18.2 Å². The van der Waals surface area contributed by atoms with Crippen LogP contribution in [0.1, 0.15) is 36.0 Å². The van der Waals surface area contributed by atoms with Gasteiger partial charge in [-0.05, 0) is 37.8 Å². The van der Waals surface area contributed by atoms with E-state index in [-0.39, 0.29) is 29.4 Å². The van der Waals surface area contributed by atoms with Gasteiger partial charge < -0.3 is 10.2 Å². The Morgan fingerprint density at radius 2 is 1.88 bits per heavy atom. The summed E-state index contributed by atoms with van der Waals surface area (Å²) >= 11 is 0. The van der Waals surface area contributed by atoms with E-state index in [4.69, 9.17) is 0 Å². The lowest BCUT2D eigenvalue weighted by Crippen LogP contribution is -2.51. The van der Waals surface area contributed by atoms with Crippen molar-refractivity contribution in [2.24, 2.45) is 5.92 Å². The largest absolute Gasteiger partial charge is 0.350 e. The Hall–Kier alpha value is -1.89. The summed E-state index contributed by atoms with van der Waals surface area (Å²) < 4.78 is 23.3. The molecule has 2 atom stereocenters. The number of likely N-dealkylation sites (tertiary alicyclic amines) is 1. The molecule has 0 aliphatic carbocycles. The highest BCUT2D eigenvalue weighted by Gasteiger charge is 2.38. The van der Waals surface area contributed by atoms with Gasteiger partial charge in [0.1, 0.15) is 0 Å². The molecule has 3 rings (SSSR count). The average Bonchev–Trinajstić information content (AvgIpc) is 3.00. The number of nitrogens with zero attached hydrogens (tertiary/aromatic N) is 1. The van der Waals surface area contributed by atoms with Crippen LogP contribution in [0, 0.1) is 5.92 Å². The molecule has 136 valence electrons. The van der Waals surface area contributed by atoms with E-state index >= 15 is 0 Å². The Morgan fingerprint density at radius 1 is 1.12 bits per heavy atom. The second-order valence-electron chi connectivity index (χ2n) is 6.86. The molecule has 0 spiro atoms. The lowest BCUT2D eigenvalue weighted by atomic mass is 9.98. The van der Waals surface area contributed by atoms with Gasteiger partial charge in [0, 0.05) is 24.7 Å². The average molecular weight is 364 g/mol. The van der Waals surface area contributed by atoms with Crippen LogP contribution in [-0.4, -0.2) is 55.8 Å². The topological polar surface area (TPSA) is 83.6 Å². The van der Waals surface area contributed by atoms with E-state index < -0.39 is 15.8 Å². The van der Waals surface area contributed by atoms with Crippen LogP contribution in [0.25, 0.3) is 0 Å². The fourth-order valence-corrected chi connectivity index (χ4v) is 5.36. The summed E-state index contributed by atoms with van der Waals surface area (Å²) in [7, 11) is -3.08. The molecule has 6 nitrogen and oxygen atoms in total. The van der Waals surface area contributed by atoms with Crippen molar-refractivity contribution < 1.29 is 18.0 Å². The molecule has 1 N–H and O–H groups in total. The van der Waals surface area contributed by atoms with Crippen molar-refractivity contribution in [2.45, 2.75) is 31.7 Å². The molecule has 2 unspecified atom stereocenters. The maximum Gasteiger partial charge on any atom is 0.251 e. The van der Waals surface area contributed by atoms with Crippen molar-refractivity contribution in [1.29, 1.82) is 0 Å². The Kier molecular flexibility index (Phi) is 5.42. The second-order valence-corrected chi connectivity index (χ2v) is 9.09. The van der Waals surface area contributed by atoms with Gasteiger partial charge in [0.2, 0.25) is 5.91 Å². The minimum absolute atomic E-state index is 0.0363. The molecule has 0 bridgehead atoms. The van der Waals surface area contributed by atoms with Crippen molar-refractivity contribution in [1.82, 2.24) is 10.2 Å². The molecule has 2 heterocycles. The number of piperidine rings is 1. The quantitative estimate of drug-likeness (QED) is 0.871. The van der Waals surface area contributed by atoms with Crippen LogP contribution in [-0.2, 0) is 14.6 Å². The molecule has 2 aliphatic rings. The van der Waals surface area contributed by atoms with E-state index in [0.717, 1.165) is 19.3 Å². The van der Waals surface area contributed by atoms with Crippen molar-refractivity contribution in [3.05, 3.63) is 35.9 Å². The van der Waals surface area contributed by atoms with E-state index in [0.29, 0.717) is 25.1 Å². The molecule has 2 saturated heterocycles. The highest BCUT2D eigenvalue weighted by atomic mass is 32.2. The van der Waals surface area contributed by atoms with Gasteiger partial charge in [-0.3, -0.25) is 9.59 Å². The molecule has 25 heavy (non-hydrogen) atoms. The molecule has 0 radical (unpaired) electrons. The third kappa shape index (κ3) is 4.39. The maximum absolute atomic E-state index is 12.8. The summed E-state index contributed by atoms with van der Waals surface area (Å²) in [6, 6.07) is 8.92. The third-order valence-corrected chi connectivity index (χ3v) is 6.79. The Bertz CT molecular complexity index is 733. The first-order valence-electron chi connectivity index (χ1n) is 8.80. The van der Waals surface area contributed by atoms with Crippen LogP contribution in [0.15, 0.2) is 30.3 Å². The number of amides is 2. The summed E-state index contributed by atoms with van der Waals surface area (Å²) in [5.74, 6) is -0.574. The van der Waals surface area contributed by atoms with Crippen LogP contribution in [0.3, 0.4) is 0 Å². The normalized spacial score (nSPS) is 25.5. The maximum atomic E-state index is 12.8. The standard InChI is InChI=1S/C18H24N2O4S/c21-17(14-6-2-1-3-7-14)19-12-16-8-4-5-10-20(16)18(22)15-9-11-25(23,24)13-15/h1-3,6-7,15-16H,4-5,8-13H2,(H,19,21). The van der Waals surface area contributed by atoms with Gasteiger partial charge in [0.05, 0.1) is 17.4 Å². The van der Waals surface area contributed by atoms with Gasteiger partial charge in [-0.15, -0.1) is 0 Å². The number of sulfone groups is 1. The fourth-order valence-electron chi connectivity index (χ4n) is 3.63. The first-order chi connectivity index (χ1) is 12.0. The zero-order valence-corrected chi connectivity index (χ0v) is 15.0. The number of hydrogen-bond acceptors (Lipinski definition) is 4. The first kappa shape index (κ1) is 17.9. The monoisotopic (exact) mass is 364 g/mol. The van der Waals surface area contributed by atoms with Gasteiger partial charge >= 0.3 is 0 Å². The first-order valence-corrected chi connectivity index (χ1v) is 10.6. The van der Waals surface area contributed by atoms with Crippen LogP contribution in [0.2, 0.25) is 0 Å². The van der Waals surface area contributed by atoms with Crippen molar-refractivity contribution >= 4 is 21.7 Å². The van der Waals surface area contributed by atoms with Gasteiger partial charge in [-0.25, -0.2) is 8.42 Å². The second kappa shape index (κ2) is 7.56. The smallest absolute Gasteiger partial charge is 0.251 e. The van der Waals surface area contributed by atoms with Crippen molar-refractivity contribution in [3.63, 3.8) is 0 Å². The summed E-state index contributed by atoms with van der Waals surface area (Å²) in [5, 5.41) is 2.91. The molecule has 1 aromatic carbocycles. The summed E-state index contributed by atoms with van der Waals surface area (Å²) in [6.07, 6.45) is 3.19. The predicted molar refractivity (Wildman–Crippen MR) is 94.9 cm³/mol. The number of benzene rings is 1. The van der Waals surface area contributed by atoms with Crippen molar-refractivity contribution in [2.75, 3.05) is 24.6 Å². The van der Waals surface area contributed by atoms with Gasteiger partial charge in [-0.1, -0.05) is 18.2 Å². The molecular weight excluding hydrogens is 340 g/mol. The molecule has 0 aromatic heterocycles. The highest BCUT2D eigenvalue weighted by molar-refractivity contribution is 7.91. The predicted octanol–water partition coefficient (Wildman–Crippen LogP) is 1.23. The summed E-state index contributed by atoms with van der Waals surface area (Å²) in [6.45, 7) is 1.04. The fraction of sp³-hybridized carbons (Fsp3) is 0.556. The number of hydrogen-bond donors (Lipinski definition) is 1. The van der Waals surface area contributed by atoms with Crippen LogP contribution < -0.4 is 5.32 Å². The van der Waals surface area contributed by atoms with E-state index in [1.54, 1.807) is 17.0 Å². The van der Waals surface area contributed by atoms with E-state index in [1.165, 1.54) is 0 Å². The summed E-state index contributed by atoms with van der Waals surface area (Å²) in [5.41, 5.74) is 0.595. The Labute approximate surface area is 148 Å². The van der Waals surface area contributed by atoms with E-state index in [2.05, 4.69) is 5.32 Å². The van der Waals surface area contributed by atoms with Crippen LogP contribution in [0.5, 0.6) is 0 Å². The van der Waals surface area contributed by atoms with Gasteiger partial charge in [-0.2, -0.15) is 0 Å². The molecular formula is C18H24N2O4S. The Balaban J connectivity index is 1.61. The summed E-state index contributed by atoms with van der Waals surface area (Å²) in [4.78, 5) is 26.8. The molecule has 7 heteroatoms. The minimum Gasteiger partial charge on any atom is -0.350 e. The minimum atomic E-state index is -3.08. The number of nitrogens with one attached hydrogen (secondary N) is 1. The number of carbonyl (C=O) groups excluding carboxylic acids is 2. The number of carbonyl (C=O) groups is 2. The molecule has 2 fully saturated rings. The molecule has 1 aromatic rings. The SMILES string of the molecule is O=C(NCC1CCCCN1C(=O)C1CCS(=O)(=O)C1)c1ccccc1. The van der Waals surface area contributed by atoms with Gasteiger partial charge in [0.15, 0.2) is 9.84 Å². The van der Waals surface area contributed by atoms with Gasteiger partial charge in [0.25, 0.3) is 5.91 Å². The van der Waals surface area contributed by atoms with Crippen LogP contribution in [0.4, 0.5) is 0 Å². The third-order valence-electron chi connectivity index (χ3n) is 5.03. The highest BCUT2D eigenvalue weighted by Crippen LogP contribution is 2.25. The van der Waals surface area contributed by atoms with Crippen molar-refractivity contribution in [3.8, 4) is 0 Å². The zero-order chi connectivity index (χ0) is 17.9. The zero-order valence-electron chi connectivity index (χ0n) is 14.2. The van der Waals surface area contributed by atoms with E-state index in [9.17, 15) is 18.0 Å². The molecule has 2 aliphatic heterocycles. The lowest BCUT2D eigenvalue weighted by molar-refractivity contribution is -0.138. The Morgan fingerprint density at radius 3 is 2.56 bits per heavy atom. The molecule has 2 amide bonds. The number of rotatable bonds is 4.